The molecule has 2 heterocycles. The highest BCUT2D eigenvalue weighted by Crippen LogP contribution is 2.36. The minimum absolute atomic E-state index is 0.142. The van der Waals surface area contributed by atoms with E-state index in [1.165, 1.54) is 35.0 Å². The molecule has 0 aromatic heterocycles. The van der Waals surface area contributed by atoms with Gasteiger partial charge in [-0.15, -0.1) is 0 Å². The van der Waals surface area contributed by atoms with Crippen LogP contribution in [-0.4, -0.2) is 29.0 Å². The number of aromatic hydroxyl groups is 1. The molecule has 0 saturated carbocycles. The van der Waals surface area contributed by atoms with Crippen LogP contribution in [-0.2, 0) is 43.3 Å². The summed E-state index contributed by atoms with van der Waals surface area (Å²) in [5.41, 5.74) is 17.5. The molecule has 39 heavy (non-hydrogen) atoms. The fourth-order valence-corrected chi connectivity index (χ4v) is 5.34. The first-order valence-corrected chi connectivity index (χ1v) is 13.1. The van der Waals surface area contributed by atoms with Crippen molar-refractivity contribution in [1.29, 1.82) is 0 Å². The molecule has 0 fully saturated rings. The maximum atomic E-state index is 13.3. The molecule has 5 rings (SSSR count). The van der Waals surface area contributed by atoms with Crippen LogP contribution in [0.15, 0.2) is 48.5 Å². The topological polar surface area (TPSA) is 105 Å². The lowest BCUT2D eigenvalue weighted by Gasteiger charge is -2.31. The number of phenolic OH excluding ortho intramolecular Hbond substituents is 1. The van der Waals surface area contributed by atoms with Gasteiger partial charge in [-0.2, -0.15) is 13.2 Å². The van der Waals surface area contributed by atoms with Crippen molar-refractivity contribution in [1.82, 2.24) is 4.90 Å². The first kappa shape index (κ1) is 28.3. The summed E-state index contributed by atoms with van der Waals surface area (Å²) < 4.78 is 39.9. The van der Waals surface area contributed by atoms with Gasteiger partial charge in [-0.1, -0.05) is 24.3 Å². The second-order valence-corrected chi connectivity index (χ2v) is 10.2. The van der Waals surface area contributed by atoms with Gasteiger partial charge in [-0.3, -0.25) is 9.69 Å². The van der Waals surface area contributed by atoms with Gasteiger partial charge in [0.1, 0.15) is 5.75 Å². The second-order valence-electron chi connectivity index (χ2n) is 10.2. The molecule has 6 N–H and O–H groups in total. The Morgan fingerprint density at radius 1 is 1.10 bits per heavy atom. The van der Waals surface area contributed by atoms with Crippen LogP contribution in [0.3, 0.4) is 0 Å². The van der Waals surface area contributed by atoms with Gasteiger partial charge in [-0.05, 0) is 84.2 Å². The number of carbonyl (C=O) groups excluding carboxylic acids is 1. The minimum Gasteiger partial charge on any atom is -0.508 e. The largest absolute Gasteiger partial charge is 0.508 e. The highest BCUT2D eigenvalue weighted by atomic mass is 19.4. The molecule has 0 bridgehead atoms. The van der Waals surface area contributed by atoms with Gasteiger partial charge in [0, 0.05) is 50.0 Å². The third kappa shape index (κ3) is 7.23. The molecule has 0 atom stereocenters. The molecule has 6 nitrogen and oxygen atoms in total. The number of rotatable bonds is 5. The molecule has 0 radical (unpaired) electrons. The van der Waals surface area contributed by atoms with Crippen molar-refractivity contribution in [2.24, 2.45) is 5.73 Å². The van der Waals surface area contributed by atoms with Crippen LogP contribution in [0.1, 0.15) is 51.8 Å². The molecule has 208 valence electrons. The van der Waals surface area contributed by atoms with Gasteiger partial charge in [0.15, 0.2) is 0 Å². The van der Waals surface area contributed by atoms with E-state index in [0.29, 0.717) is 37.2 Å². The van der Waals surface area contributed by atoms with Gasteiger partial charge in [0.05, 0.1) is 5.56 Å². The number of primary amides is 1. The molecule has 0 unspecified atom stereocenters. The first-order chi connectivity index (χ1) is 18.5. The van der Waals surface area contributed by atoms with E-state index < -0.39 is 11.7 Å². The Bertz CT molecular complexity index is 1320. The number of nitrogen functional groups attached to an aromatic ring is 1. The molecule has 0 spiro atoms. The first-order valence-electron chi connectivity index (χ1n) is 13.1. The van der Waals surface area contributed by atoms with Gasteiger partial charge in [0.25, 0.3) is 0 Å². The highest BCUT2D eigenvalue weighted by Gasteiger charge is 2.35. The van der Waals surface area contributed by atoms with Gasteiger partial charge < -0.3 is 21.9 Å². The van der Waals surface area contributed by atoms with Crippen LogP contribution in [0.2, 0.25) is 0 Å². The Morgan fingerprint density at radius 3 is 2.62 bits per heavy atom. The molecule has 2 aliphatic heterocycles. The number of phenols is 1. The molecule has 0 saturated heterocycles. The quantitative estimate of drug-likeness (QED) is 0.328. The van der Waals surface area contributed by atoms with E-state index in [4.69, 9.17) is 11.5 Å². The number of hydrogen-bond donors (Lipinski definition) is 4. The molecule has 3 aromatic carbocycles. The summed E-state index contributed by atoms with van der Waals surface area (Å²) in [7, 11) is 0. The zero-order chi connectivity index (χ0) is 28.2. The van der Waals surface area contributed by atoms with E-state index >= 15 is 0 Å². The second kappa shape index (κ2) is 12.0. The number of hydrogen-bond acceptors (Lipinski definition) is 5. The zero-order valence-corrected chi connectivity index (χ0v) is 22.1. The fourth-order valence-electron chi connectivity index (χ4n) is 5.34. The van der Waals surface area contributed by atoms with Crippen molar-refractivity contribution < 1.29 is 23.1 Å². The summed E-state index contributed by atoms with van der Waals surface area (Å²) in [5, 5.41) is 12.6. The number of anilines is 2. The van der Waals surface area contributed by atoms with Gasteiger partial charge >= 0.3 is 6.18 Å². The normalized spacial score (nSPS) is 14.9. The van der Waals surface area contributed by atoms with Crippen molar-refractivity contribution in [2.45, 2.75) is 58.3 Å². The number of benzene rings is 3. The predicted octanol–water partition coefficient (Wildman–Crippen LogP) is 5.32. The van der Waals surface area contributed by atoms with Crippen molar-refractivity contribution >= 4 is 17.3 Å². The standard InChI is InChI=1S/C20H21F3N2.C10H14N2O2/c21-20(22,23)18-5-1-3-15-8-10-25(13-17(15)18)12-14-6-7-19-16(11-14)4-2-9-24-19;1-6-4-7(13)5-9(11)8(6)2-3-10(12)14/h1,3,5-7,11,24H,2,4,8-10,12-13H2;4-5,13H,2-3,11H2,1H3,(H2,12,14). The lowest BCUT2D eigenvalue weighted by molar-refractivity contribution is -0.138. The number of aryl methyl sites for hydroxylation is 2. The number of fused-ring (bicyclic) bond motifs is 2. The molecule has 2 aliphatic rings. The molecule has 0 aliphatic carbocycles. The van der Waals surface area contributed by atoms with E-state index in [1.54, 1.807) is 6.07 Å². The van der Waals surface area contributed by atoms with Crippen LogP contribution in [0.25, 0.3) is 0 Å². The third-order valence-corrected chi connectivity index (χ3v) is 7.29. The highest BCUT2D eigenvalue weighted by molar-refractivity contribution is 5.74. The van der Waals surface area contributed by atoms with E-state index in [1.807, 2.05) is 13.0 Å². The monoisotopic (exact) mass is 540 g/mol. The van der Waals surface area contributed by atoms with Gasteiger partial charge in [0.2, 0.25) is 5.91 Å². The zero-order valence-electron chi connectivity index (χ0n) is 22.1. The van der Waals surface area contributed by atoms with E-state index in [9.17, 15) is 23.1 Å². The Balaban J connectivity index is 0.000000215. The molecule has 1 amide bonds. The van der Waals surface area contributed by atoms with Crippen LogP contribution in [0, 0.1) is 6.92 Å². The Morgan fingerprint density at radius 2 is 1.90 bits per heavy atom. The minimum atomic E-state index is -4.29. The van der Waals surface area contributed by atoms with E-state index in [0.717, 1.165) is 42.6 Å². The SMILES string of the molecule is Cc1cc(O)cc(N)c1CCC(N)=O.FC(F)(F)c1cccc2c1CN(Cc1ccc3c(c1)CCCN3)CC2. The third-order valence-electron chi connectivity index (χ3n) is 7.29. The van der Waals surface area contributed by atoms with Crippen LogP contribution in [0.4, 0.5) is 24.5 Å². The van der Waals surface area contributed by atoms with Crippen molar-refractivity contribution in [3.05, 3.63) is 87.5 Å². The maximum absolute atomic E-state index is 13.3. The van der Waals surface area contributed by atoms with E-state index in [2.05, 4.69) is 28.4 Å². The molecular formula is C30H35F3N4O2. The molecular weight excluding hydrogens is 505 g/mol. The van der Waals surface area contributed by atoms with Crippen LogP contribution in [0.5, 0.6) is 5.75 Å². The number of nitrogens with one attached hydrogen (secondary N) is 1. The Labute approximate surface area is 226 Å². The lowest BCUT2D eigenvalue weighted by Crippen LogP contribution is -2.32. The summed E-state index contributed by atoms with van der Waals surface area (Å²) in [6.45, 7) is 4.70. The summed E-state index contributed by atoms with van der Waals surface area (Å²) in [5.74, 6) is -0.209. The Kier molecular flexibility index (Phi) is 8.70. The predicted molar refractivity (Wildman–Crippen MR) is 147 cm³/mol. The average molecular weight is 541 g/mol. The lowest BCUT2D eigenvalue weighted by atomic mass is 9.94. The fraction of sp³-hybridized carbons (Fsp3) is 0.367. The van der Waals surface area contributed by atoms with Crippen LogP contribution >= 0.6 is 0 Å². The maximum Gasteiger partial charge on any atom is 0.416 e. The number of carbonyl (C=O) groups is 1. The van der Waals surface area contributed by atoms with Gasteiger partial charge in [-0.25, -0.2) is 0 Å². The number of halogens is 3. The number of alkyl halides is 3. The van der Waals surface area contributed by atoms with E-state index in [-0.39, 0.29) is 18.1 Å². The summed E-state index contributed by atoms with van der Waals surface area (Å²) >= 11 is 0. The molecule has 9 heteroatoms. The Hall–Kier alpha value is -3.72. The van der Waals surface area contributed by atoms with Crippen molar-refractivity contribution in [2.75, 3.05) is 24.1 Å². The smallest absolute Gasteiger partial charge is 0.416 e. The number of nitrogens with two attached hydrogens (primary N) is 2. The molecule has 3 aromatic rings. The summed E-state index contributed by atoms with van der Waals surface area (Å²) in [6, 6.07) is 14.0. The van der Waals surface area contributed by atoms with Crippen LogP contribution < -0.4 is 16.8 Å². The average Bonchev–Trinajstić information content (AvgIpc) is 2.87. The number of amides is 1. The van der Waals surface area contributed by atoms with Crippen molar-refractivity contribution in [3.8, 4) is 5.75 Å². The summed E-state index contributed by atoms with van der Waals surface area (Å²) in [6.07, 6.45) is -0.625. The number of nitrogens with zero attached hydrogens (tertiary/aromatic N) is 1. The summed E-state index contributed by atoms with van der Waals surface area (Å²) in [4.78, 5) is 12.7. The van der Waals surface area contributed by atoms with Crippen molar-refractivity contribution in [3.63, 3.8) is 0 Å².